The van der Waals surface area contributed by atoms with Gasteiger partial charge in [0.1, 0.15) is 0 Å². The van der Waals surface area contributed by atoms with Crippen LogP contribution >= 0.6 is 0 Å². The molecule has 0 radical (unpaired) electrons. The zero-order valence-corrected chi connectivity index (χ0v) is 9.58. The number of carboxylic acid groups (broad SMARTS) is 1. The molecule has 0 aromatic heterocycles. The number of aliphatic carboxylic acids is 1. The lowest BCUT2D eigenvalue weighted by Gasteiger charge is -2.45. The van der Waals surface area contributed by atoms with Crippen molar-refractivity contribution in [1.29, 1.82) is 5.26 Å². The van der Waals surface area contributed by atoms with Crippen LogP contribution < -0.4 is 0 Å². The molecule has 2 saturated heterocycles. The molecule has 17 heavy (non-hydrogen) atoms. The Morgan fingerprint density at radius 1 is 1.47 bits per heavy atom. The predicted molar refractivity (Wildman–Crippen MR) is 60.0 cm³/mol. The van der Waals surface area contributed by atoms with Crippen LogP contribution in [0.5, 0.6) is 0 Å². The summed E-state index contributed by atoms with van der Waals surface area (Å²) in [6, 6.07) is 2.44. The van der Waals surface area contributed by atoms with E-state index in [-0.39, 0.29) is 0 Å². The van der Waals surface area contributed by atoms with Crippen LogP contribution in [0.25, 0.3) is 0 Å². The third-order valence-electron chi connectivity index (χ3n) is 3.39. The SMILES string of the molecule is N#CC(C=CN1C2CCCC1COC2)C(=O)O. The van der Waals surface area contributed by atoms with Gasteiger partial charge in [0.25, 0.3) is 0 Å². The minimum absolute atomic E-state index is 0.340. The van der Waals surface area contributed by atoms with Crippen molar-refractivity contribution in [2.75, 3.05) is 13.2 Å². The minimum atomic E-state index is -1.10. The van der Waals surface area contributed by atoms with Crippen molar-refractivity contribution >= 4 is 5.97 Å². The van der Waals surface area contributed by atoms with Crippen LogP contribution in [0.4, 0.5) is 0 Å². The second-order valence-electron chi connectivity index (χ2n) is 4.51. The van der Waals surface area contributed by atoms with Gasteiger partial charge in [-0.3, -0.25) is 4.79 Å². The maximum Gasteiger partial charge on any atom is 0.324 e. The lowest BCUT2D eigenvalue weighted by molar-refractivity contribution is -0.138. The van der Waals surface area contributed by atoms with E-state index in [0.29, 0.717) is 25.3 Å². The molecule has 5 nitrogen and oxygen atoms in total. The summed E-state index contributed by atoms with van der Waals surface area (Å²) in [5.41, 5.74) is 0. The number of hydrogen-bond donors (Lipinski definition) is 1. The molecule has 2 aliphatic heterocycles. The second kappa shape index (κ2) is 5.19. The summed E-state index contributed by atoms with van der Waals surface area (Å²) >= 11 is 0. The van der Waals surface area contributed by atoms with Gasteiger partial charge in [-0.15, -0.1) is 0 Å². The molecule has 0 aliphatic carbocycles. The highest BCUT2D eigenvalue weighted by atomic mass is 16.5. The first kappa shape index (κ1) is 11.9. The summed E-state index contributed by atoms with van der Waals surface area (Å²) in [4.78, 5) is 12.9. The van der Waals surface area contributed by atoms with Crippen molar-refractivity contribution in [3.63, 3.8) is 0 Å². The molecule has 2 aliphatic rings. The van der Waals surface area contributed by atoms with Gasteiger partial charge in [0.15, 0.2) is 5.92 Å². The van der Waals surface area contributed by atoms with E-state index in [9.17, 15) is 4.79 Å². The van der Waals surface area contributed by atoms with Crippen LogP contribution in [0.15, 0.2) is 12.3 Å². The van der Waals surface area contributed by atoms with Gasteiger partial charge in [-0.25, -0.2) is 0 Å². The van der Waals surface area contributed by atoms with Gasteiger partial charge in [-0.1, -0.05) is 0 Å². The van der Waals surface area contributed by atoms with Gasteiger partial charge in [-0.2, -0.15) is 5.26 Å². The Labute approximate surface area is 100 Å². The van der Waals surface area contributed by atoms with Crippen LogP contribution in [-0.4, -0.2) is 41.3 Å². The average molecular weight is 236 g/mol. The topological polar surface area (TPSA) is 73.6 Å². The van der Waals surface area contributed by atoms with E-state index in [1.165, 1.54) is 12.5 Å². The van der Waals surface area contributed by atoms with Gasteiger partial charge in [0.05, 0.1) is 31.4 Å². The van der Waals surface area contributed by atoms with E-state index in [1.54, 1.807) is 12.3 Å². The van der Waals surface area contributed by atoms with Crippen LogP contribution in [0.2, 0.25) is 0 Å². The molecule has 0 spiro atoms. The summed E-state index contributed by atoms with van der Waals surface area (Å²) in [7, 11) is 0. The van der Waals surface area contributed by atoms with Crippen LogP contribution in [0.3, 0.4) is 0 Å². The summed E-state index contributed by atoms with van der Waals surface area (Å²) in [5.74, 6) is -2.15. The number of piperidine rings is 1. The number of morpholine rings is 1. The van der Waals surface area contributed by atoms with Crippen molar-refractivity contribution in [2.24, 2.45) is 5.92 Å². The van der Waals surface area contributed by atoms with Crippen molar-refractivity contribution in [1.82, 2.24) is 4.90 Å². The molecular weight excluding hydrogens is 220 g/mol. The lowest BCUT2D eigenvalue weighted by Crippen LogP contribution is -2.52. The molecule has 92 valence electrons. The predicted octanol–water partition coefficient (Wildman–Crippen LogP) is 0.978. The maximum atomic E-state index is 10.7. The fourth-order valence-electron chi connectivity index (χ4n) is 2.47. The standard InChI is InChI=1S/C12H16N2O3/c13-6-9(12(15)16)4-5-14-10-2-1-3-11(14)8-17-7-10/h4-5,9-11H,1-3,7-8H2,(H,15,16). The van der Waals surface area contributed by atoms with Gasteiger partial charge in [-0.05, 0) is 31.5 Å². The van der Waals surface area contributed by atoms with Crippen molar-refractivity contribution in [3.8, 4) is 6.07 Å². The molecule has 2 fully saturated rings. The quantitative estimate of drug-likeness (QED) is 0.790. The molecule has 0 aromatic carbocycles. The Morgan fingerprint density at radius 2 is 2.12 bits per heavy atom. The molecule has 2 bridgehead atoms. The van der Waals surface area contributed by atoms with E-state index < -0.39 is 11.9 Å². The molecule has 0 saturated carbocycles. The molecular formula is C12H16N2O3. The molecule has 5 heteroatoms. The highest BCUT2D eigenvalue weighted by molar-refractivity contribution is 5.75. The fourth-order valence-corrected chi connectivity index (χ4v) is 2.47. The smallest absolute Gasteiger partial charge is 0.324 e. The number of hydrogen-bond acceptors (Lipinski definition) is 4. The molecule has 3 atom stereocenters. The van der Waals surface area contributed by atoms with E-state index in [0.717, 1.165) is 12.8 Å². The molecule has 2 heterocycles. The van der Waals surface area contributed by atoms with Gasteiger partial charge in [0, 0.05) is 0 Å². The van der Waals surface area contributed by atoms with Crippen molar-refractivity contribution < 1.29 is 14.6 Å². The largest absolute Gasteiger partial charge is 0.480 e. The highest BCUT2D eigenvalue weighted by Crippen LogP contribution is 2.27. The number of carboxylic acids is 1. The molecule has 3 unspecified atom stereocenters. The number of fused-ring (bicyclic) bond motifs is 2. The number of nitriles is 1. The number of carbonyl (C=O) groups is 1. The maximum absolute atomic E-state index is 10.7. The monoisotopic (exact) mass is 236 g/mol. The Morgan fingerprint density at radius 3 is 2.65 bits per heavy atom. The normalized spacial score (nSPS) is 29.9. The Hall–Kier alpha value is -1.54. The average Bonchev–Trinajstić information content (AvgIpc) is 2.28. The van der Waals surface area contributed by atoms with Crippen LogP contribution in [0.1, 0.15) is 19.3 Å². The highest BCUT2D eigenvalue weighted by Gasteiger charge is 2.32. The summed E-state index contributed by atoms with van der Waals surface area (Å²) in [5, 5.41) is 17.5. The third-order valence-corrected chi connectivity index (χ3v) is 3.39. The zero-order valence-electron chi connectivity index (χ0n) is 9.58. The number of nitrogens with zero attached hydrogens (tertiary/aromatic N) is 2. The molecule has 0 amide bonds. The molecule has 1 N–H and O–H groups in total. The van der Waals surface area contributed by atoms with E-state index in [4.69, 9.17) is 15.1 Å². The Kier molecular flexibility index (Phi) is 3.64. The number of rotatable bonds is 3. The first-order valence-corrected chi connectivity index (χ1v) is 5.88. The van der Waals surface area contributed by atoms with Gasteiger partial charge in [0.2, 0.25) is 0 Å². The third kappa shape index (κ3) is 2.59. The van der Waals surface area contributed by atoms with Crippen LogP contribution in [-0.2, 0) is 9.53 Å². The first-order valence-electron chi connectivity index (χ1n) is 5.88. The van der Waals surface area contributed by atoms with Crippen molar-refractivity contribution in [3.05, 3.63) is 12.3 Å². The fraction of sp³-hybridized carbons (Fsp3) is 0.667. The molecule has 2 rings (SSSR count). The molecule has 0 aromatic rings. The van der Waals surface area contributed by atoms with E-state index in [2.05, 4.69) is 4.90 Å². The summed E-state index contributed by atoms with van der Waals surface area (Å²) in [6.07, 6.45) is 6.60. The Balaban J connectivity index is 2.04. The van der Waals surface area contributed by atoms with Gasteiger partial charge < -0.3 is 14.7 Å². The van der Waals surface area contributed by atoms with Gasteiger partial charge >= 0.3 is 5.97 Å². The van der Waals surface area contributed by atoms with Crippen LogP contribution in [0, 0.1) is 17.2 Å². The summed E-state index contributed by atoms with van der Waals surface area (Å²) in [6.45, 7) is 1.40. The minimum Gasteiger partial charge on any atom is -0.480 e. The Bertz CT molecular complexity index is 339. The second-order valence-corrected chi connectivity index (χ2v) is 4.51. The van der Waals surface area contributed by atoms with E-state index in [1.807, 2.05) is 0 Å². The first-order chi connectivity index (χ1) is 8.22. The zero-order chi connectivity index (χ0) is 12.3. The number of ether oxygens (including phenoxy) is 1. The van der Waals surface area contributed by atoms with Crippen molar-refractivity contribution in [2.45, 2.75) is 31.3 Å². The lowest BCUT2D eigenvalue weighted by atomic mass is 9.95. The van der Waals surface area contributed by atoms with E-state index >= 15 is 0 Å². The summed E-state index contributed by atoms with van der Waals surface area (Å²) < 4.78 is 5.49.